The van der Waals surface area contributed by atoms with Crippen LogP contribution in [0.4, 0.5) is 0 Å². The van der Waals surface area contributed by atoms with Crippen molar-refractivity contribution < 1.29 is 14.3 Å². The van der Waals surface area contributed by atoms with Gasteiger partial charge in [-0.1, -0.05) is 0 Å². The predicted octanol–water partition coefficient (Wildman–Crippen LogP) is 0.00330. The first-order chi connectivity index (χ1) is 7.40. The summed E-state index contributed by atoms with van der Waals surface area (Å²) in [6, 6.07) is 0. The molecule has 0 saturated carbocycles. The first-order valence-corrected chi connectivity index (χ1v) is 4.83. The fraction of sp³-hybridized carbons (Fsp3) is 0.455. The van der Waals surface area contributed by atoms with Crippen molar-refractivity contribution in [1.29, 1.82) is 0 Å². The number of ether oxygens (including phenoxy) is 1. The maximum absolute atomic E-state index is 12.0. The number of carbonyl (C=O) groups is 2. The Bertz CT molecular complexity index is 392. The van der Waals surface area contributed by atoms with Gasteiger partial charge in [-0.15, -0.1) is 0 Å². The predicted molar refractivity (Wildman–Crippen MR) is 59.5 cm³/mol. The van der Waals surface area contributed by atoms with E-state index in [2.05, 4.69) is 0 Å². The van der Waals surface area contributed by atoms with Crippen LogP contribution in [0.25, 0.3) is 0 Å². The largest absolute Gasteiger partial charge is 0.491 e. The highest BCUT2D eigenvalue weighted by Crippen LogP contribution is 2.22. The van der Waals surface area contributed by atoms with Gasteiger partial charge in [0.05, 0.1) is 12.8 Å². The fourth-order valence-electron chi connectivity index (χ4n) is 1.54. The molecule has 0 aromatic carbocycles. The van der Waals surface area contributed by atoms with Crippen molar-refractivity contribution in [3.63, 3.8) is 0 Å². The maximum atomic E-state index is 12.0. The molecule has 0 fully saturated rings. The van der Waals surface area contributed by atoms with Gasteiger partial charge in [0.25, 0.3) is 0 Å². The number of ketones is 2. The topological polar surface area (TPSA) is 49.9 Å². The molecule has 0 spiro atoms. The second-order valence-corrected chi connectivity index (χ2v) is 3.89. The first-order valence-electron chi connectivity index (χ1n) is 4.83. The molecular formula is C11H16N2O3. The molecule has 5 heteroatoms. The number of allylic oxidation sites excluding steroid dienone is 1. The van der Waals surface area contributed by atoms with Gasteiger partial charge in [-0.3, -0.25) is 9.59 Å². The average molecular weight is 224 g/mol. The van der Waals surface area contributed by atoms with Crippen LogP contribution in [0.15, 0.2) is 23.2 Å². The third-order valence-corrected chi connectivity index (χ3v) is 2.29. The van der Waals surface area contributed by atoms with Gasteiger partial charge in [-0.2, -0.15) is 0 Å². The van der Waals surface area contributed by atoms with E-state index in [1.54, 1.807) is 38.0 Å². The molecule has 0 heterocycles. The standard InChI is InChI=1S/C11H16N2O3/c1-12(2)7-6-8(14)9(13(3)4)11(16-5)10(7)15/h6H,1-5H3. The number of likely N-dealkylation sites (N-methyl/N-ethyl adjacent to an activating group) is 2. The molecule has 5 nitrogen and oxygen atoms in total. The van der Waals surface area contributed by atoms with Gasteiger partial charge in [0.15, 0.2) is 5.76 Å². The van der Waals surface area contributed by atoms with Crippen LogP contribution in [0.1, 0.15) is 0 Å². The van der Waals surface area contributed by atoms with Crippen LogP contribution in [-0.2, 0) is 14.3 Å². The van der Waals surface area contributed by atoms with Crippen molar-refractivity contribution in [1.82, 2.24) is 9.80 Å². The number of Topliss-reactive ketones (excluding diaryl/α,β-unsaturated/α-hetero) is 1. The summed E-state index contributed by atoms with van der Waals surface area (Å²) >= 11 is 0. The normalized spacial score (nSPS) is 16.2. The van der Waals surface area contributed by atoms with Crippen molar-refractivity contribution in [3.05, 3.63) is 23.2 Å². The number of rotatable bonds is 3. The molecule has 1 aliphatic carbocycles. The van der Waals surface area contributed by atoms with E-state index in [1.807, 2.05) is 0 Å². The molecule has 1 aliphatic rings. The number of hydrogen-bond acceptors (Lipinski definition) is 5. The molecule has 88 valence electrons. The summed E-state index contributed by atoms with van der Waals surface area (Å²) in [6.45, 7) is 0. The number of nitrogens with zero attached hydrogens (tertiary/aromatic N) is 2. The Kier molecular flexibility index (Phi) is 3.37. The SMILES string of the molecule is COC1=C(N(C)C)C(=O)C=C(N(C)C)C1=O. The lowest BCUT2D eigenvalue weighted by molar-refractivity contribution is -0.120. The molecule has 0 atom stereocenters. The Balaban J connectivity index is 3.27. The molecule has 0 aromatic rings. The van der Waals surface area contributed by atoms with Crippen molar-refractivity contribution in [2.45, 2.75) is 0 Å². The fourth-order valence-corrected chi connectivity index (χ4v) is 1.54. The Morgan fingerprint density at radius 3 is 2.00 bits per heavy atom. The summed E-state index contributed by atoms with van der Waals surface area (Å²) in [7, 11) is 8.22. The highest BCUT2D eigenvalue weighted by Gasteiger charge is 2.31. The van der Waals surface area contributed by atoms with E-state index < -0.39 is 0 Å². The molecular weight excluding hydrogens is 208 g/mol. The summed E-state index contributed by atoms with van der Waals surface area (Å²) < 4.78 is 5.03. The van der Waals surface area contributed by atoms with Crippen LogP contribution < -0.4 is 0 Å². The monoisotopic (exact) mass is 224 g/mol. The summed E-state index contributed by atoms with van der Waals surface area (Å²) in [6.07, 6.45) is 1.33. The minimum Gasteiger partial charge on any atom is -0.491 e. The molecule has 0 N–H and O–H groups in total. The zero-order valence-electron chi connectivity index (χ0n) is 10.2. The molecule has 0 aliphatic heterocycles. The maximum Gasteiger partial charge on any atom is 0.245 e. The average Bonchev–Trinajstić information content (AvgIpc) is 2.19. The summed E-state index contributed by atoms with van der Waals surface area (Å²) in [5, 5.41) is 0. The van der Waals surface area contributed by atoms with Crippen LogP contribution in [0.5, 0.6) is 0 Å². The number of carbonyl (C=O) groups excluding carboxylic acids is 2. The van der Waals surface area contributed by atoms with E-state index in [-0.39, 0.29) is 23.0 Å². The molecule has 0 radical (unpaired) electrons. The van der Waals surface area contributed by atoms with Crippen molar-refractivity contribution >= 4 is 11.6 Å². The second kappa shape index (κ2) is 4.38. The molecule has 0 amide bonds. The lowest BCUT2D eigenvalue weighted by Crippen LogP contribution is -2.32. The molecule has 1 rings (SSSR count). The third-order valence-electron chi connectivity index (χ3n) is 2.29. The Morgan fingerprint density at radius 2 is 1.62 bits per heavy atom. The van der Waals surface area contributed by atoms with Crippen LogP contribution in [-0.4, -0.2) is 56.7 Å². The van der Waals surface area contributed by atoms with Gasteiger partial charge >= 0.3 is 0 Å². The van der Waals surface area contributed by atoms with E-state index in [9.17, 15) is 9.59 Å². The molecule has 0 bridgehead atoms. The first kappa shape index (κ1) is 12.3. The minimum absolute atomic E-state index is 0.0983. The van der Waals surface area contributed by atoms with Crippen LogP contribution in [0.3, 0.4) is 0 Å². The Hall–Kier alpha value is -1.78. The lowest BCUT2D eigenvalue weighted by Gasteiger charge is -2.25. The summed E-state index contributed by atoms with van der Waals surface area (Å²) in [4.78, 5) is 27.0. The zero-order valence-corrected chi connectivity index (χ0v) is 10.2. The second-order valence-electron chi connectivity index (χ2n) is 3.89. The smallest absolute Gasteiger partial charge is 0.245 e. The third kappa shape index (κ3) is 1.93. The Labute approximate surface area is 95.0 Å². The summed E-state index contributed by atoms with van der Waals surface area (Å²) in [5.74, 6) is -0.387. The molecule has 0 aromatic heterocycles. The number of methoxy groups -OCH3 is 1. The highest BCUT2D eigenvalue weighted by atomic mass is 16.5. The van der Waals surface area contributed by atoms with Crippen molar-refractivity contribution in [2.75, 3.05) is 35.3 Å². The molecule has 0 unspecified atom stereocenters. The van der Waals surface area contributed by atoms with E-state index in [4.69, 9.17) is 4.74 Å². The zero-order chi connectivity index (χ0) is 12.5. The van der Waals surface area contributed by atoms with Crippen molar-refractivity contribution in [2.24, 2.45) is 0 Å². The van der Waals surface area contributed by atoms with Crippen LogP contribution >= 0.6 is 0 Å². The van der Waals surface area contributed by atoms with E-state index in [0.717, 1.165) is 0 Å². The van der Waals surface area contributed by atoms with E-state index >= 15 is 0 Å². The quantitative estimate of drug-likeness (QED) is 0.632. The molecule has 0 saturated heterocycles. The van der Waals surface area contributed by atoms with Crippen LogP contribution in [0.2, 0.25) is 0 Å². The van der Waals surface area contributed by atoms with Gasteiger partial charge < -0.3 is 14.5 Å². The van der Waals surface area contributed by atoms with Gasteiger partial charge in [-0.25, -0.2) is 0 Å². The minimum atomic E-state index is -0.268. The van der Waals surface area contributed by atoms with Crippen molar-refractivity contribution in [3.8, 4) is 0 Å². The molecule has 16 heavy (non-hydrogen) atoms. The lowest BCUT2D eigenvalue weighted by atomic mass is 10.0. The van der Waals surface area contributed by atoms with E-state index in [1.165, 1.54) is 13.2 Å². The highest BCUT2D eigenvalue weighted by molar-refractivity contribution is 6.21. The van der Waals surface area contributed by atoms with Gasteiger partial charge in [0, 0.05) is 34.3 Å². The van der Waals surface area contributed by atoms with Gasteiger partial charge in [0.2, 0.25) is 11.6 Å². The summed E-state index contributed by atoms with van der Waals surface area (Å²) in [5.41, 5.74) is 0.630. The number of hydrogen-bond donors (Lipinski definition) is 0. The van der Waals surface area contributed by atoms with E-state index in [0.29, 0.717) is 5.70 Å². The van der Waals surface area contributed by atoms with Gasteiger partial charge in [-0.05, 0) is 0 Å². The Morgan fingerprint density at radius 1 is 1.06 bits per heavy atom. The van der Waals surface area contributed by atoms with Gasteiger partial charge in [0.1, 0.15) is 5.70 Å². The van der Waals surface area contributed by atoms with Crippen LogP contribution in [0, 0.1) is 0 Å².